The first-order chi connectivity index (χ1) is 21.5. The van der Waals surface area contributed by atoms with Crippen molar-refractivity contribution in [3.8, 4) is 0 Å². The van der Waals surface area contributed by atoms with Crippen molar-refractivity contribution >= 4 is 34.6 Å². The van der Waals surface area contributed by atoms with E-state index in [1.54, 1.807) is 40.0 Å². The van der Waals surface area contributed by atoms with Crippen LogP contribution < -0.4 is 10.6 Å². The molecule has 0 radical (unpaired) electrons. The van der Waals surface area contributed by atoms with Gasteiger partial charge in [-0.15, -0.1) is 0 Å². The molecule has 45 heavy (non-hydrogen) atoms. The number of ether oxygens (including phenoxy) is 2. The lowest BCUT2D eigenvalue weighted by atomic mass is 10.1. The van der Waals surface area contributed by atoms with Crippen LogP contribution in [0.1, 0.15) is 66.1 Å². The smallest absolute Gasteiger partial charge is 0.413 e. The maximum atomic E-state index is 13.1. The van der Waals surface area contributed by atoms with Crippen molar-refractivity contribution in [2.75, 3.05) is 17.2 Å². The van der Waals surface area contributed by atoms with Crippen molar-refractivity contribution < 1.29 is 19.1 Å². The summed E-state index contributed by atoms with van der Waals surface area (Å²) in [5.41, 5.74) is 5.04. The van der Waals surface area contributed by atoms with Crippen LogP contribution >= 0.6 is 0 Å². The van der Waals surface area contributed by atoms with E-state index in [2.05, 4.69) is 42.8 Å². The van der Waals surface area contributed by atoms with Gasteiger partial charge in [-0.3, -0.25) is 10.00 Å². The number of nitrogens with one attached hydrogen (secondary N) is 2. The molecule has 2 N–H and O–H groups in total. The Balaban J connectivity index is 1.38. The van der Waals surface area contributed by atoms with Crippen LogP contribution in [0.4, 0.5) is 16.4 Å². The highest BCUT2D eigenvalue weighted by Gasteiger charge is 2.22. The molecule has 5 rings (SSSR count). The van der Waals surface area contributed by atoms with E-state index in [9.17, 15) is 9.59 Å². The molecule has 0 atom stereocenters. The van der Waals surface area contributed by atoms with Gasteiger partial charge in [-0.05, 0) is 75.9 Å². The van der Waals surface area contributed by atoms with Crippen molar-refractivity contribution in [1.82, 2.24) is 29.3 Å². The summed E-state index contributed by atoms with van der Waals surface area (Å²) >= 11 is 0. The minimum Gasteiger partial charge on any atom is -0.461 e. The molecule has 0 unspecified atom stereocenters. The van der Waals surface area contributed by atoms with E-state index in [0.29, 0.717) is 47.9 Å². The molecule has 0 saturated heterocycles. The predicted octanol–water partition coefficient (Wildman–Crippen LogP) is 5.87. The summed E-state index contributed by atoms with van der Waals surface area (Å²) in [4.78, 5) is 38.9. The number of anilines is 2. The third-order valence-electron chi connectivity index (χ3n) is 7.04. The van der Waals surface area contributed by atoms with Gasteiger partial charge in [0.2, 0.25) is 0 Å². The van der Waals surface area contributed by atoms with Crippen molar-refractivity contribution in [3.63, 3.8) is 0 Å². The molecule has 0 aliphatic heterocycles. The number of fused-ring (bicyclic) bond motifs is 1. The van der Waals surface area contributed by atoms with Crippen LogP contribution in [-0.4, -0.2) is 53.6 Å². The molecule has 234 valence electrons. The zero-order valence-corrected chi connectivity index (χ0v) is 26.4. The summed E-state index contributed by atoms with van der Waals surface area (Å²) in [6.45, 7) is 12.8. The van der Waals surface area contributed by atoms with E-state index >= 15 is 0 Å². The molecule has 0 fully saturated rings. The van der Waals surface area contributed by atoms with Crippen molar-refractivity contribution in [3.05, 3.63) is 95.0 Å². The highest BCUT2D eigenvalue weighted by Crippen LogP contribution is 2.28. The third kappa shape index (κ3) is 7.64. The van der Waals surface area contributed by atoms with Gasteiger partial charge in [0, 0.05) is 37.4 Å². The van der Waals surface area contributed by atoms with Gasteiger partial charge in [0.05, 0.1) is 18.5 Å². The fourth-order valence-corrected chi connectivity index (χ4v) is 5.04. The molecule has 0 bridgehead atoms. The van der Waals surface area contributed by atoms with Crippen LogP contribution in [0.25, 0.3) is 10.9 Å². The molecule has 1 aromatic carbocycles. The van der Waals surface area contributed by atoms with Gasteiger partial charge in [0.25, 0.3) is 0 Å². The number of amides is 1. The number of aromatic nitrogens is 6. The Hall–Kier alpha value is -5.26. The number of carbonyl (C=O) groups is 2. The van der Waals surface area contributed by atoms with Crippen molar-refractivity contribution in [2.45, 2.75) is 66.8 Å². The summed E-state index contributed by atoms with van der Waals surface area (Å²) < 4.78 is 14.5. The quantitative estimate of drug-likeness (QED) is 0.186. The Morgan fingerprint density at radius 2 is 1.76 bits per heavy atom. The summed E-state index contributed by atoms with van der Waals surface area (Å²) in [5.74, 6) is 0.544. The van der Waals surface area contributed by atoms with Gasteiger partial charge in [-0.2, -0.15) is 5.10 Å². The molecule has 4 aromatic heterocycles. The number of hydrogen-bond acceptors (Lipinski definition) is 9. The second-order valence-corrected chi connectivity index (χ2v) is 11.7. The maximum absolute atomic E-state index is 13.1. The maximum Gasteiger partial charge on any atom is 0.413 e. The molecule has 12 nitrogen and oxygen atoms in total. The molecule has 0 saturated carbocycles. The Bertz CT molecular complexity index is 1780. The van der Waals surface area contributed by atoms with Crippen LogP contribution in [0.5, 0.6) is 0 Å². The van der Waals surface area contributed by atoms with Crippen LogP contribution in [0.15, 0.2) is 61.3 Å². The Morgan fingerprint density at radius 3 is 2.40 bits per heavy atom. The fraction of sp³-hybridized carbons (Fsp3) is 0.333. The summed E-state index contributed by atoms with van der Waals surface area (Å²) in [5, 5.41) is 11.1. The lowest BCUT2D eigenvalue weighted by molar-refractivity contribution is 0.0515. The Morgan fingerprint density at radius 1 is 1.02 bits per heavy atom. The number of nitrogens with zero attached hydrogens (tertiary/aromatic N) is 6. The van der Waals surface area contributed by atoms with Gasteiger partial charge in [0.1, 0.15) is 29.1 Å². The molecule has 5 aromatic rings. The Labute approximate surface area is 261 Å². The lowest BCUT2D eigenvalue weighted by Crippen LogP contribution is -2.27. The zero-order valence-electron chi connectivity index (χ0n) is 26.4. The first kappa shape index (κ1) is 31.2. The number of hydrogen-bond donors (Lipinski definition) is 2. The second kappa shape index (κ2) is 13.2. The van der Waals surface area contributed by atoms with E-state index in [4.69, 9.17) is 9.47 Å². The molecular formula is C33H38N8O4. The number of aryl methyl sites for hydroxylation is 2. The summed E-state index contributed by atoms with van der Waals surface area (Å²) in [7, 11) is 0. The van der Waals surface area contributed by atoms with E-state index < -0.39 is 17.7 Å². The number of carbonyl (C=O) groups excluding carboxylic acids is 2. The van der Waals surface area contributed by atoms with Crippen LogP contribution in [0.3, 0.4) is 0 Å². The largest absolute Gasteiger partial charge is 0.461 e. The number of rotatable bonds is 10. The van der Waals surface area contributed by atoms with E-state index in [1.807, 2.05) is 53.7 Å². The first-order valence-electron chi connectivity index (χ1n) is 14.8. The molecule has 4 heterocycles. The molecule has 0 aliphatic carbocycles. The Kier molecular flexibility index (Phi) is 9.12. The third-order valence-corrected chi connectivity index (χ3v) is 7.04. The SMILES string of the molecule is CCOC(=O)c1c2ncnc(NCc3c(C)cc(NC(=O)OC(C)(C)C)nc3C)c2cn1Cc1ccc(Cn2cccn2)cc1. The normalized spacial score (nSPS) is 11.4. The van der Waals surface area contributed by atoms with Crippen LogP contribution in [-0.2, 0) is 29.1 Å². The fourth-order valence-electron chi connectivity index (χ4n) is 5.04. The minimum absolute atomic E-state index is 0.244. The zero-order chi connectivity index (χ0) is 32.1. The molecule has 1 amide bonds. The molecule has 12 heteroatoms. The van der Waals surface area contributed by atoms with Crippen molar-refractivity contribution in [1.29, 1.82) is 0 Å². The van der Waals surface area contributed by atoms with Gasteiger partial charge in [-0.25, -0.2) is 24.5 Å². The standard InChI is InChI=1S/C33H38N8O4/c1-7-44-31(42)29-28-26(19-40(29)17-23-9-11-24(12-10-23)18-41-14-8-13-37-41)30(36-20-35-28)34-16-25-21(2)15-27(38-22(25)3)39-32(43)45-33(4,5)6/h8-15,19-20H,7,16-18H2,1-6H3,(H,34,35,36)(H,38,39,43). The molecule has 0 spiro atoms. The molecule has 0 aliphatic rings. The number of pyridine rings is 1. The van der Waals surface area contributed by atoms with E-state index in [1.165, 1.54) is 6.33 Å². The highest BCUT2D eigenvalue weighted by atomic mass is 16.6. The average molecular weight is 611 g/mol. The van der Waals surface area contributed by atoms with E-state index in [-0.39, 0.29) is 6.61 Å². The monoisotopic (exact) mass is 610 g/mol. The number of benzene rings is 1. The van der Waals surface area contributed by atoms with Gasteiger partial charge in [-0.1, -0.05) is 24.3 Å². The topological polar surface area (TPSA) is 138 Å². The second-order valence-electron chi connectivity index (χ2n) is 11.7. The van der Waals surface area contributed by atoms with Gasteiger partial charge >= 0.3 is 12.1 Å². The highest BCUT2D eigenvalue weighted by molar-refractivity contribution is 6.05. The summed E-state index contributed by atoms with van der Waals surface area (Å²) in [6.07, 6.45) is 6.45. The summed E-state index contributed by atoms with van der Waals surface area (Å²) in [6, 6.07) is 11.9. The number of esters is 1. The van der Waals surface area contributed by atoms with Crippen LogP contribution in [0, 0.1) is 13.8 Å². The van der Waals surface area contributed by atoms with E-state index in [0.717, 1.165) is 27.9 Å². The van der Waals surface area contributed by atoms with Crippen molar-refractivity contribution in [2.24, 2.45) is 0 Å². The van der Waals surface area contributed by atoms with Crippen LogP contribution in [0.2, 0.25) is 0 Å². The predicted molar refractivity (Wildman–Crippen MR) is 171 cm³/mol. The minimum atomic E-state index is -0.612. The van der Waals surface area contributed by atoms with Gasteiger partial charge in [0.15, 0.2) is 5.69 Å². The van der Waals surface area contributed by atoms with Gasteiger partial charge < -0.3 is 19.4 Å². The molecular weight excluding hydrogens is 572 g/mol. The first-order valence-corrected chi connectivity index (χ1v) is 14.8. The lowest BCUT2D eigenvalue weighted by Gasteiger charge is -2.20. The average Bonchev–Trinajstić information content (AvgIpc) is 3.60.